The summed E-state index contributed by atoms with van der Waals surface area (Å²) in [6.45, 7) is 0.824. The number of hydrogen-bond donors (Lipinski definition) is 1. The molecule has 6 nitrogen and oxygen atoms in total. The average molecular weight is 324 g/mol. The molecule has 0 saturated carbocycles. The van der Waals surface area contributed by atoms with E-state index in [0.717, 1.165) is 28.2 Å². The molecule has 1 N–H and O–H groups in total. The Morgan fingerprint density at radius 1 is 1.17 bits per heavy atom. The van der Waals surface area contributed by atoms with Gasteiger partial charge in [-0.05, 0) is 36.8 Å². The van der Waals surface area contributed by atoms with Crippen molar-refractivity contribution in [1.29, 1.82) is 0 Å². The zero-order valence-electron chi connectivity index (χ0n) is 12.9. The first kappa shape index (κ1) is 14.6. The van der Waals surface area contributed by atoms with Crippen LogP contribution in [0.5, 0.6) is 11.5 Å². The molecule has 6 heteroatoms. The summed E-state index contributed by atoms with van der Waals surface area (Å²) in [6, 6.07) is 13.6. The SMILES string of the molecule is O=C(O)CCCn1c(-c2ccc3c(c2)OCO3)nc2ccccc21. The molecule has 3 aromatic rings. The van der Waals surface area contributed by atoms with E-state index in [4.69, 9.17) is 19.6 Å². The van der Waals surface area contributed by atoms with Crippen molar-refractivity contribution in [2.24, 2.45) is 0 Å². The van der Waals surface area contributed by atoms with Gasteiger partial charge in [-0.2, -0.15) is 0 Å². The number of carboxylic acids is 1. The molecule has 0 radical (unpaired) electrons. The quantitative estimate of drug-likeness (QED) is 0.779. The van der Waals surface area contributed by atoms with E-state index >= 15 is 0 Å². The number of para-hydroxylation sites is 2. The minimum atomic E-state index is -0.788. The van der Waals surface area contributed by atoms with Crippen LogP contribution in [0.15, 0.2) is 42.5 Å². The number of carbonyl (C=O) groups is 1. The highest BCUT2D eigenvalue weighted by atomic mass is 16.7. The van der Waals surface area contributed by atoms with Gasteiger partial charge in [-0.1, -0.05) is 12.1 Å². The van der Waals surface area contributed by atoms with E-state index in [2.05, 4.69) is 4.57 Å². The molecule has 1 aliphatic rings. The van der Waals surface area contributed by atoms with Crippen molar-refractivity contribution in [2.45, 2.75) is 19.4 Å². The van der Waals surface area contributed by atoms with E-state index in [-0.39, 0.29) is 13.2 Å². The third-order valence-electron chi connectivity index (χ3n) is 4.06. The fourth-order valence-corrected chi connectivity index (χ4v) is 2.95. The molecular formula is C18H16N2O4. The lowest BCUT2D eigenvalue weighted by Crippen LogP contribution is -2.04. The Labute approximate surface area is 138 Å². The number of aliphatic carboxylic acids is 1. The number of rotatable bonds is 5. The number of benzene rings is 2. The van der Waals surface area contributed by atoms with Crippen LogP contribution in [0.2, 0.25) is 0 Å². The number of aryl methyl sites for hydroxylation is 1. The number of carboxylic acid groups (broad SMARTS) is 1. The van der Waals surface area contributed by atoms with Crippen LogP contribution < -0.4 is 9.47 Å². The van der Waals surface area contributed by atoms with Crippen LogP contribution in [-0.4, -0.2) is 27.4 Å². The summed E-state index contributed by atoms with van der Waals surface area (Å²) in [5.74, 6) is 1.45. The van der Waals surface area contributed by atoms with E-state index < -0.39 is 5.97 Å². The summed E-state index contributed by atoms with van der Waals surface area (Å²) >= 11 is 0. The summed E-state index contributed by atoms with van der Waals surface area (Å²) in [4.78, 5) is 15.5. The van der Waals surface area contributed by atoms with Gasteiger partial charge < -0.3 is 19.1 Å². The Hall–Kier alpha value is -3.02. The Kier molecular flexibility index (Phi) is 3.57. The molecule has 0 unspecified atom stereocenters. The first-order valence-corrected chi connectivity index (χ1v) is 7.79. The molecule has 0 saturated heterocycles. The molecule has 0 aliphatic carbocycles. The van der Waals surface area contributed by atoms with Gasteiger partial charge in [-0.3, -0.25) is 4.79 Å². The largest absolute Gasteiger partial charge is 0.481 e. The summed E-state index contributed by atoms with van der Waals surface area (Å²) < 4.78 is 12.9. The maximum Gasteiger partial charge on any atom is 0.303 e. The Bertz CT molecular complexity index is 917. The molecule has 2 aromatic carbocycles. The molecule has 0 atom stereocenters. The molecule has 0 spiro atoms. The zero-order valence-corrected chi connectivity index (χ0v) is 12.9. The highest BCUT2D eigenvalue weighted by Crippen LogP contribution is 2.36. The second-order valence-electron chi connectivity index (χ2n) is 5.64. The third-order valence-corrected chi connectivity index (χ3v) is 4.06. The summed E-state index contributed by atoms with van der Waals surface area (Å²) in [6.07, 6.45) is 0.681. The molecule has 24 heavy (non-hydrogen) atoms. The number of ether oxygens (including phenoxy) is 2. The van der Waals surface area contributed by atoms with Gasteiger partial charge in [0.15, 0.2) is 11.5 Å². The maximum absolute atomic E-state index is 10.8. The van der Waals surface area contributed by atoms with Crippen LogP contribution in [0.4, 0.5) is 0 Å². The number of imidazole rings is 1. The smallest absolute Gasteiger partial charge is 0.303 e. The van der Waals surface area contributed by atoms with E-state index in [9.17, 15) is 4.79 Å². The van der Waals surface area contributed by atoms with Crippen LogP contribution in [0.1, 0.15) is 12.8 Å². The van der Waals surface area contributed by atoms with Crippen molar-refractivity contribution in [3.8, 4) is 22.9 Å². The Morgan fingerprint density at radius 3 is 2.88 bits per heavy atom. The lowest BCUT2D eigenvalue weighted by Gasteiger charge is -2.09. The highest BCUT2D eigenvalue weighted by Gasteiger charge is 2.18. The van der Waals surface area contributed by atoms with Crippen molar-refractivity contribution in [2.75, 3.05) is 6.79 Å². The molecular weight excluding hydrogens is 308 g/mol. The summed E-state index contributed by atoms with van der Waals surface area (Å²) in [5.41, 5.74) is 2.81. The van der Waals surface area contributed by atoms with Gasteiger partial charge in [0, 0.05) is 18.5 Å². The molecule has 2 heterocycles. The number of nitrogens with zero attached hydrogens (tertiary/aromatic N) is 2. The normalized spacial score (nSPS) is 12.7. The summed E-state index contributed by atoms with van der Waals surface area (Å²) in [7, 11) is 0. The van der Waals surface area contributed by atoms with Crippen LogP contribution >= 0.6 is 0 Å². The van der Waals surface area contributed by atoms with Crippen molar-refractivity contribution < 1.29 is 19.4 Å². The molecule has 122 valence electrons. The van der Waals surface area contributed by atoms with E-state index in [1.807, 2.05) is 42.5 Å². The van der Waals surface area contributed by atoms with E-state index in [0.29, 0.717) is 18.7 Å². The van der Waals surface area contributed by atoms with Crippen molar-refractivity contribution in [1.82, 2.24) is 9.55 Å². The molecule has 1 aliphatic heterocycles. The lowest BCUT2D eigenvalue weighted by atomic mass is 10.2. The van der Waals surface area contributed by atoms with Crippen molar-refractivity contribution in [3.63, 3.8) is 0 Å². The van der Waals surface area contributed by atoms with Gasteiger partial charge in [-0.25, -0.2) is 4.98 Å². The van der Waals surface area contributed by atoms with Gasteiger partial charge in [0.2, 0.25) is 6.79 Å². The van der Waals surface area contributed by atoms with Crippen LogP contribution in [0, 0.1) is 0 Å². The monoisotopic (exact) mass is 324 g/mol. The standard InChI is InChI=1S/C18H16N2O4/c21-17(22)6-3-9-20-14-5-2-1-4-13(14)19-18(20)12-7-8-15-16(10-12)24-11-23-15/h1-2,4-5,7-8,10H,3,6,9,11H2,(H,21,22). The Morgan fingerprint density at radius 2 is 2.00 bits per heavy atom. The minimum Gasteiger partial charge on any atom is -0.481 e. The van der Waals surface area contributed by atoms with Crippen molar-refractivity contribution >= 4 is 17.0 Å². The molecule has 0 amide bonds. The predicted molar refractivity (Wildman–Crippen MR) is 88.2 cm³/mol. The van der Waals surface area contributed by atoms with E-state index in [1.54, 1.807) is 0 Å². The first-order valence-electron chi connectivity index (χ1n) is 7.79. The minimum absolute atomic E-state index is 0.132. The zero-order chi connectivity index (χ0) is 16.5. The summed E-state index contributed by atoms with van der Waals surface area (Å²) in [5, 5.41) is 8.89. The maximum atomic E-state index is 10.8. The molecule has 0 fully saturated rings. The molecule has 4 rings (SSSR count). The molecule has 1 aromatic heterocycles. The second kappa shape index (κ2) is 5.88. The van der Waals surface area contributed by atoms with Gasteiger partial charge in [0.25, 0.3) is 0 Å². The van der Waals surface area contributed by atoms with Gasteiger partial charge >= 0.3 is 5.97 Å². The third kappa shape index (κ3) is 2.56. The predicted octanol–water partition coefficient (Wildman–Crippen LogP) is 3.30. The highest BCUT2D eigenvalue weighted by molar-refractivity contribution is 5.81. The number of aromatic nitrogens is 2. The average Bonchev–Trinajstić information content (AvgIpc) is 3.18. The fourth-order valence-electron chi connectivity index (χ4n) is 2.95. The van der Waals surface area contributed by atoms with Gasteiger partial charge in [0.1, 0.15) is 5.82 Å². The second-order valence-corrected chi connectivity index (χ2v) is 5.64. The van der Waals surface area contributed by atoms with Gasteiger partial charge in [0.05, 0.1) is 11.0 Å². The Balaban J connectivity index is 1.77. The van der Waals surface area contributed by atoms with E-state index in [1.165, 1.54) is 0 Å². The van der Waals surface area contributed by atoms with Crippen LogP contribution in [0.3, 0.4) is 0 Å². The topological polar surface area (TPSA) is 73.6 Å². The number of fused-ring (bicyclic) bond motifs is 2. The lowest BCUT2D eigenvalue weighted by molar-refractivity contribution is -0.137. The van der Waals surface area contributed by atoms with Crippen molar-refractivity contribution in [3.05, 3.63) is 42.5 Å². The number of hydrogen-bond acceptors (Lipinski definition) is 4. The van der Waals surface area contributed by atoms with Crippen LogP contribution in [0.25, 0.3) is 22.4 Å². The molecule has 0 bridgehead atoms. The van der Waals surface area contributed by atoms with Gasteiger partial charge in [-0.15, -0.1) is 0 Å². The fraction of sp³-hybridized carbons (Fsp3) is 0.222. The van der Waals surface area contributed by atoms with Crippen LogP contribution in [-0.2, 0) is 11.3 Å². The first-order chi connectivity index (χ1) is 11.7.